The van der Waals surface area contributed by atoms with Crippen molar-refractivity contribution in [1.29, 1.82) is 0 Å². The molecule has 0 amide bonds. The fraction of sp³-hybridized carbons (Fsp3) is 0.182. The Labute approximate surface area is 156 Å². The number of hydrogen-bond donors (Lipinski definition) is 0. The zero-order valence-electron chi connectivity index (χ0n) is 14.6. The van der Waals surface area contributed by atoms with Gasteiger partial charge in [-0.3, -0.25) is 0 Å². The Morgan fingerprint density at radius 3 is 2.85 bits per heavy atom. The van der Waals surface area contributed by atoms with E-state index in [-0.39, 0.29) is 0 Å². The molecular weight excluding hydrogens is 338 g/mol. The van der Waals surface area contributed by atoms with Crippen molar-refractivity contribution >= 4 is 21.4 Å². The van der Waals surface area contributed by atoms with Gasteiger partial charge >= 0.3 is 0 Å². The first-order valence-electron chi connectivity index (χ1n) is 8.83. The van der Waals surface area contributed by atoms with Gasteiger partial charge < -0.3 is 4.90 Å². The first-order chi connectivity index (χ1) is 12.8. The van der Waals surface area contributed by atoms with E-state index in [2.05, 4.69) is 70.0 Å². The van der Waals surface area contributed by atoms with Crippen molar-refractivity contribution in [3.63, 3.8) is 0 Å². The van der Waals surface area contributed by atoms with Gasteiger partial charge in [0.05, 0.1) is 12.4 Å². The summed E-state index contributed by atoms with van der Waals surface area (Å²) in [5.74, 6) is 0.415. The Kier molecular flexibility index (Phi) is 3.80. The fourth-order valence-corrected chi connectivity index (χ4v) is 4.75. The van der Waals surface area contributed by atoms with Gasteiger partial charge in [0, 0.05) is 29.3 Å². The van der Waals surface area contributed by atoms with Crippen LogP contribution in [0.5, 0.6) is 0 Å². The molecule has 5 rings (SSSR count). The van der Waals surface area contributed by atoms with Crippen molar-refractivity contribution in [2.45, 2.75) is 12.5 Å². The molecule has 4 aromatic rings. The average molecular weight is 357 g/mol. The quantitative estimate of drug-likeness (QED) is 0.509. The molecule has 0 fully saturated rings. The maximum atomic E-state index is 4.02. The summed E-state index contributed by atoms with van der Waals surface area (Å²) in [5, 5.41) is 11.4. The molecule has 26 heavy (non-hydrogen) atoms. The molecule has 0 radical (unpaired) electrons. The molecule has 1 aliphatic rings. The first kappa shape index (κ1) is 15.7. The van der Waals surface area contributed by atoms with Crippen molar-refractivity contribution in [2.24, 2.45) is 0 Å². The molecule has 4 heteroatoms. The summed E-state index contributed by atoms with van der Waals surface area (Å²) in [6, 6.07) is 18.0. The second kappa shape index (κ2) is 6.31. The number of fused-ring (bicyclic) bond motifs is 2. The van der Waals surface area contributed by atoms with Crippen LogP contribution in [-0.2, 0) is 6.54 Å². The molecule has 2 aromatic carbocycles. The number of likely N-dealkylation sites (N-methyl/N-ethyl adjacent to an activating group) is 1. The van der Waals surface area contributed by atoms with Crippen LogP contribution < -0.4 is 0 Å². The van der Waals surface area contributed by atoms with Crippen molar-refractivity contribution in [2.75, 3.05) is 13.6 Å². The van der Waals surface area contributed by atoms with Crippen molar-refractivity contribution < 1.29 is 0 Å². The smallest absolute Gasteiger partial charge is 0.0574 e. The van der Waals surface area contributed by atoms with Crippen LogP contribution in [0.1, 0.15) is 22.6 Å². The van der Waals surface area contributed by atoms with Crippen LogP contribution in [0, 0.1) is 0 Å². The second-order valence-corrected chi connectivity index (χ2v) is 7.96. The Morgan fingerprint density at radius 2 is 1.96 bits per heavy atom. The van der Waals surface area contributed by atoms with Crippen LogP contribution in [-0.4, -0.2) is 28.7 Å². The van der Waals surface area contributed by atoms with E-state index in [4.69, 9.17) is 0 Å². The molecule has 0 N–H and O–H groups in total. The fourth-order valence-electron chi connectivity index (χ4n) is 3.98. The monoisotopic (exact) mass is 357 g/mol. The molecule has 1 atom stereocenters. The number of aromatic nitrogens is 2. The molecule has 0 saturated heterocycles. The minimum Gasteiger partial charge on any atom is -0.301 e. The van der Waals surface area contributed by atoms with Crippen molar-refractivity contribution in [3.05, 3.63) is 83.0 Å². The lowest BCUT2D eigenvalue weighted by molar-refractivity contribution is 0.295. The lowest BCUT2D eigenvalue weighted by atomic mass is 9.83. The highest BCUT2D eigenvalue weighted by atomic mass is 32.1. The summed E-state index contributed by atoms with van der Waals surface area (Å²) in [7, 11) is 2.21. The highest BCUT2D eigenvalue weighted by Gasteiger charge is 2.25. The largest absolute Gasteiger partial charge is 0.301 e. The summed E-state index contributed by atoms with van der Waals surface area (Å²) >= 11 is 1.81. The number of benzene rings is 2. The predicted octanol–water partition coefficient (Wildman–Crippen LogP) is 4.94. The highest BCUT2D eigenvalue weighted by Crippen LogP contribution is 2.36. The Balaban J connectivity index is 1.59. The van der Waals surface area contributed by atoms with Gasteiger partial charge in [-0.1, -0.05) is 18.2 Å². The van der Waals surface area contributed by atoms with Gasteiger partial charge in [-0.05, 0) is 70.4 Å². The van der Waals surface area contributed by atoms with Gasteiger partial charge in [0.1, 0.15) is 0 Å². The van der Waals surface area contributed by atoms with Crippen LogP contribution in [0.3, 0.4) is 0 Å². The van der Waals surface area contributed by atoms with Crippen LogP contribution in [0.25, 0.3) is 21.2 Å². The van der Waals surface area contributed by atoms with E-state index in [1.54, 1.807) is 17.5 Å². The van der Waals surface area contributed by atoms with Gasteiger partial charge in [-0.15, -0.1) is 11.3 Å². The second-order valence-electron chi connectivity index (χ2n) is 7.01. The number of hydrogen-bond acceptors (Lipinski definition) is 4. The summed E-state index contributed by atoms with van der Waals surface area (Å²) in [6.07, 6.45) is 3.58. The van der Waals surface area contributed by atoms with Crippen LogP contribution in [0.2, 0.25) is 0 Å². The molecule has 0 spiro atoms. The summed E-state index contributed by atoms with van der Waals surface area (Å²) in [6.45, 7) is 2.04. The maximum Gasteiger partial charge on any atom is 0.0574 e. The van der Waals surface area contributed by atoms with Crippen molar-refractivity contribution in [1.82, 2.24) is 15.1 Å². The molecule has 0 bridgehead atoms. The Hall–Kier alpha value is -2.56. The van der Waals surface area contributed by atoms with Gasteiger partial charge in [0.25, 0.3) is 0 Å². The average Bonchev–Trinajstić information content (AvgIpc) is 3.15. The zero-order chi connectivity index (χ0) is 17.5. The van der Waals surface area contributed by atoms with E-state index in [0.29, 0.717) is 5.92 Å². The highest BCUT2D eigenvalue weighted by molar-refractivity contribution is 7.17. The molecule has 2 aromatic heterocycles. The molecular formula is C22H19N3S. The lowest BCUT2D eigenvalue weighted by Gasteiger charge is -2.33. The molecule has 3 heterocycles. The molecule has 128 valence electrons. The third-order valence-electron chi connectivity index (χ3n) is 5.25. The van der Waals surface area contributed by atoms with Crippen LogP contribution >= 0.6 is 11.3 Å². The van der Waals surface area contributed by atoms with Gasteiger partial charge in [-0.25, -0.2) is 0 Å². The van der Waals surface area contributed by atoms with Crippen LogP contribution in [0.15, 0.2) is 66.3 Å². The van der Waals surface area contributed by atoms with E-state index in [1.165, 1.54) is 32.3 Å². The molecule has 0 saturated carbocycles. The maximum absolute atomic E-state index is 4.02. The normalized spacial score (nSPS) is 17.3. The molecule has 1 aliphatic heterocycles. The Bertz CT molecular complexity index is 1070. The Morgan fingerprint density at radius 1 is 1.00 bits per heavy atom. The third kappa shape index (κ3) is 2.71. The number of thiophene rings is 1. The predicted molar refractivity (Wildman–Crippen MR) is 107 cm³/mol. The number of rotatable bonds is 2. The minimum absolute atomic E-state index is 0.415. The molecule has 0 aliphatic carbocycles. The zero-order valence-corrected chi connectivity index (χ0v) is 15.4. The van der Waals surface area contributed by atoms with Gasteiger partial charge in [-0.2, -0.15) is 10.2 Å². The molecule has 3 nitrogen and oxygen atoms in total. The summed E-state index contributed by atoms with van der Waals surface area (Å²) < 4.78 is 1.36. The minimum atomic E-state index is 0.415. The van der Waals surface area contributed by atoms with Gasteiger partial charge in [0.15, 0.2) is 0 Å². The van der Waals surface area contributed by atoms with Gasteiger partial charge in [0.2, 0.25) is 0 Å². The third-order valence-corrected chi connectivity index (χ3v) is 6.15. The van der Waals surface area contributed by atoms with Crippen LogP contribution in [0.4, 0.5) is 0 Å². The van der Waals surface area contributed by atoms with E-state index in [0.717, 1.165) is 18.7 Å². The van der Waals surface area contributed by atoms with E-state index in [1.807, 2.05) is 12.3 Å². The number of nitrogens with zero attached hydrogens (tertiary/aromatic N) is 3. The standard InChI is InChI=1S/C22H19N3S/c1-25-13-19-10-15(18-6-8-23-24-12-18)2-4-20(19)21(14-25)16-3-5-22-17(11-16)7-9-26-22/h2-12,21H,13-14H2,1H3. The van der Waals surface area contributed by atoms with E-state index in [9.17, 15) is 0 Å². The molecule has 1 unspecified atom stereocenters. The van der Waals surface area contributed by atoms with Crippen molar-refractivity contribution in [3.8, 4) is 11.1 Å². The van der Waals surface area contributed by atoms with E-state index >= 15 is 0 Å². The summed E-state index contributed by atoms with van der Waals surface area (Å²) in [4.78, 5) is 2.42. The SMILES string of the molecule is CN1Cc2cc(-c3ccnnc3)ccc2C(c2ccc3sccc3c2)C1. The van der Waals surface area contributed by atoms with E-state index < -0.39 is 0 Å². The summed E-state index contributed by atoms with van der Waals surface area (Å²) in [5.41, 5.74) is 6.59. The first-order valence-corrected chi connectivity index (χ1v) is 9.71. The lowest BCUT2D eigenvalue weighted by Crippen LogP contribution is -2.31. The topological polar surface area (TPSA) is 29.0 Å².